The van der Waals surface area contributed by atoms with E-state index in [2.05, 4.69) is 39.5 Å². The number of hydrogen-bond acceptors (Lipinski definition) is 3. The van der Waals surface area contributed by atoms with Crippen molar-refractivity contribution in [1.29, 1.82) is 0 Å². The van der Waals surface area contributed by atoms with Gasteiger partial charge in [0.2, 0.25) is 3.79 Å². The highest BCUT2D eigenvalue weighted by Gasteiger charge is 2.35. The molecule has 1 saturated carbocycles. The van der Waals surface area contributed by atoms with Gasteiger partial charge in [0.05, 0.1) is 0 Å². The second kappa shape index (κ2) is 14.2. The highest BCUT2D eigenvalue weighted by atomic mass is 127. The van der Waals surface area contributed by atoms with Gasteiger partial charge in [-0.1, -0.05) is 83.4 Å². The van der Waals surface area contributed by atoms with E-state index in [1.807, 2.05) is 18.2 Å². The molecular formula is C29H41IO3. The molecule has 0 bridgehead atoms. The number of benzene rings is 1. The Morgan fingerprint density at radius 2 is 1.64 bits per heavy atom. The molecule has 0 radical (unpaired) electrons. The number of carbonyl (C=O) groups is 3. The molecule has 1 fully saturated rings. The van der Waals surface area contributed by atoms with Crippen LogP contribution < -0.4 is 0 Å². The minimum atomic E-state index is -0.354. The number of hydrogen-bond donors (Lipinski definition) is 0. The van der Waals surface area contributed by atoms with E-state index < -0.39 is 0 Å². The predicted octanol–water partition coefficient (Wildman–Crippen LogP) is 7.87. The van der Waals surface area contributed by atoms with Crippen molar-refractivity contribution in [2.24, 2.45) is 23.7 Å². The molecule has 0 heterocycles. The molecule has 4 heteroatoms. The summed E-state index contributed by atoms with van der Waals surface area (Å²) >= 11 is 1.77. The molecule has 3 nitrogen and oxygen atoms in total. The Morgan fingerprint density at radius 3 is 2.18 bits per heavy atom. The molecule has 0 aromatic heterocycles. The van der Waals surface area contributed by atoms with E-state index in [0.29, 0.717) is 24.3 Å². The molecule has 4 unspecified atom stereocenters. The smallest absolute Gasteiger partial charge is 0.218 e. The first-order chi connectivity index (χ1) is 15.8. The van der Waals surface area contributed by atoms with Crippen LogP contribution in [0, 0.1) is 23.7 Å². The Kier molecular flexibility index (Phi) is 12.0. The van der Waals surface area contributed by atoms with E-state index in [9.17, 15) is 14.4 Å². The normalized spacial score (nSPS) is 18.2. The summed E-state index contributed by atoms with van der Waals surface area (Å²) < 4.78 is -0.0764. The van der Waals surface area contributed by atoms with Crippen molar-refractivity contribution in [3.63, 3.8) is 0 Å². The third-order valence-corrected chi connectivity index (χ3v) is 8.38. The first-order valence-corrected chi connectivity index (χ1v) is 13.9. The molecule has 0 amide bonds. The van der Waals surface area contributed by atoms with Crippen LogP contribution >= 0.6 is 22.6 Å². The summed E-state index contributed by atoms with van der Waals surface area (Å²) in [5, 5.41) is 0. The van der Waals surface area contributed by atoms with Crippen LogP contribution in [0.3, 0.4) is 0 Å². The molecule has 0 saturated heterocycles. The van der Waals surface area contributed by atoms with Gasteiger partial charge >= 0.3 is 0 Å². The van der Waals surface area contributed by atoms with Crippen LogP contribution in [0.5, 0.6) is 0 Å². The summed E-state index contributed by atoms with van der Waals surface area (Å²) in [5.41, 5.74) is 1.64. The fourth-order valence-electron chi connectivity index (χ4n) is 5.54. The lowest BCUT2D eigenvalue weighted by Gasteiger charge is -2.31. The highest BCUT2D eigenvalue weighted by molar-refractivity contribution is 14.1. The Hall–Kier alpha value is -1.30. The first-order valence-electron chi connectivity index (χ1n) is 12.8. The summed E-state index contributed by atoms with van der Waals surface area (Å²) in [4.78, 5) is 39.2. The molecule has 0 aliphatic heterocycles. The minimum absolute atomic E-state index is 0.00575. The van der Waals surface area contributed by atoms with E-state index in [-0.39, 0.29) is 39.0 Å². The van der Waals surface area contributed by atoms with Gasteiger partial charge < -0.3 is 0 Å². The van der Waals surface area contributed by atoms with Crippen LogP contribution in [0.25, 0.3) is 0 Å². The van der Waals surface area contributed by atoms with Crippen molar-refractivity contribution >= 4 is 37.9 Å². The molecule has 1 aromatic carbocycles. The molecule has 182 valence electrons. The van der Waals surface area contributed by atoms with E-state index in [0.717, 1.165) is 37.7 Å². The number of Topliss-reactive ketones (excluding diaryl/α,β-unsaturated/α-hetero) is 2. The number of rotatable bonds is 14. The van der Waals surface area contributed by atoms with Gasteiger partial charge in [0.25, 0.3) is 0 Å². The number of ketones is 2. The minimum Gasteiger partial charge on any atom is -0.299 e. The van der Waals surface area contributed by atoms with E-state index in [4.69, 9.17) is 0 Å². The number of allylic oxidation sites excluding steroid dienone is 1. The molecule has 1 aromatic rings. The molecule has 1 aliphatic rings. The zero-order valence-corrected chi connectivity index (χ0v) is 22.8. The summed E-state index contributed by atoms with van der Waals surface area (Å²) in [6.07, 6.45) is 8.97. The average molecular weight is 565 g/mol. The summed E-state index contributed by atoms with van der Waals surface area (Å²) in [5.74, 6) is 0.292. The van der Waals surface area contributed by atoms with Gasteiger partial charge in [0, 0.05) is 52.8 Å². The molecule has 0 spiro atoms. The van der Waals surface area contributed by atoms with Gasteiger partial charge in [-0.15, -0.1) is 0 Å². The van der Waals surface area contributed by atoms with Crippen molar-refractivity contribution in [2.45, 2.75) is 90.9 Å². The molecule has 4 atom stereocenters. The molecule has 33 heavy (non-hydrogen) atoms. The lowest BCUT2D eigenvalue weighted by atomic mass is 9.72. The second-order valence-corrected chi connectivity index (χ2v) is 10.8. The number of carbonyl (C=O) groups excluding carboxylic acids is 3. The van der Waals surface area contributed by atoms with Crippen LogP contribution in [0.1, 0.15) is 96.5 Å². The number of halogens is 1. The van der Waals surface area contributed by atoms with Crippen LogP contribution in [0.4, 0.5) is 0 Å². The van der Waals surface area contributed by atoms with E-state index in [1.165, 1.54) is 19.3 Å². The Bertz CT molecular complexity index is 794. The van der Waals surface area contributed by atoms with E-state index >= 15 is 0 Å². The zero-order chi connectivity index (χ0) is 24.4. The van der Waals surface area contributed by atoms with E-state index in [1.54, 1.807) is 22.6 Å². The van der Waals surface area contributed by atoms with Crippen molar-refractivity contribution in [2.75, 3.05) is 0 Å². The average Bonchev–Trinajstić information content (AvgIpc) is 2.83. The third kappa shape index (κ3) is 8.15. The van der Waals surface area contributed by atoms with Crippen molar-refractivity contribution in [3.05, 3.63) is 48.0 Å². The third-order valence-electron chi connectivity index (χ3n) is 7.68. The molecule has 1 aliphatic carbocycles. The summed E-state index contributed by atoms with van der Waals surface area (Å²) in [6.45, 7) is 10.2. The van der Waals surface area contributed by atoms with Gasteiger partial charge in [0.15, 0.2) is 0 Å². The molecular weight excluding hydrogens is 523 g/mol. The Balaban J connectivity index is 2.28. The lowest BCUT2D eigenvalue weighted by molar-refractivity contribution is -0.132. The maximum absolute atomic E-state index is 13.8. The fraction of sp³-hybridized carbons (Fsp3) is 0.621. The van der Waals surface area contributed by atoms with Crippen LogP contribution in [-0.4, -0.2) is 15.4 Å². The molecule has 2 rings (SSSR count). The second-order valence-electron chi connectivity index (χ2n) is 9.84. The van der Waals surface area contributed by atoms with Crippen molar-refractivity contribution < 1.29 is 14.4 Å². The monoisotopic (exact) mass is 564 g/mol. The fourth-order valence-corrected chi connectivity index (χ4v) is 5.98. The van der Waals surface area contributed by atoms with Crippen molar-refractivity contribution in [3.8, 4) is 0 Å². The topological polar surface area (TPSA) is 51.2 Å². The van der Waals surface area contributed by atoms with Crippen molar-refractivity contribution in [1.82, 2.24) is 0 Å². The summed E-state index contributed by atoms with van der Waals surface area (Å²) in [6, 6.07) is 10.1. The Morgan fingerprint density at radius 1 is 1.00 bits per heavy atom. The Labute approximate surface area is 214 Å². The van der Waals surface area contributed by atoms with Crippen LogP contribution in [0.2, 0.25) is 0 Å². The first kappa shape index (κ1) is 27.9. The predicted molar refractivity (Wildman–Crippen MR) is 145 cm³/mol. The van der Waals surface area contributed by atoms with Gasteiger partial charge in [-0.3, -0.25) is 14.4 Å². The lowest BCUT2D eigenvalue weighted by Crippen LogP contribution is -2.31. The maximum Gasteiger partial charge on any atom is 0.218 e. The standard InChI is InChI=1S/C29H41IO3/c1-5-13-24(21(4)29(30)33)18-28(32)26(25(6-2)23-16-11-8-12-17-23)19-27(31)20(3)22-14-9-7-10-15-22/h8,11-12,16-17,20,22,24-26H,4-7,9-10,13-15,18-19H2,1-3H3. The SMILES string of the molecule is C=C(C(=O)I)C(CCC)CC(=O)C(CC(=O)C(C)C1CCCCC1)C(CC)c1ccccc1. The highest BCUT2D eigenvalue weighted by Crippen LogP contribution is 2.37. The summed E-state index contributed by atoms with van der Waals surface area (Å²) in [7, 11) is 0. The quantitative estimate of drug-likeness (QED) is 0.131. The van der Waals surface area contributed by atoms with Crippen LogP contribution in [-0.2, 0) is 14.4 Å². The van der Waals surface area contributed by atoms with Gasteiger partial charge in [-0.05, 0) is 49.0 Å². The van der Waals surface area contributed by atoms with Gasteiger partial charge in [-0.2, -0.15) is 0 Å². The maximum atomic E-state index is 13.8. The van der Waals surface area contributed by atoms with Gasteiger partial charge in [0.1, 0.15) is 11.6 Å². The largest absolute Gasteiger partial charge is 0.299 e. The van der Waals surface area contributed by atoms with Gasteiger partial charge in [-0.25, -0.2) is 0 Å². The van der Waals surface area contributed by atoms with Crippen LogP contribution in [0.15, 0.2) is 42.5 Å². The zero-order valence-electron chi connectivity index (χ0n) is 20.7. The molecule has 0 N–H and O–H groups in total.